The van der Waals surface area contributed by atoms with Crippen molar-refractivity contribution in [3.05, 3.63) is 17.7 Å². The Kier molecular flexibility index (Phi) is 5.00. The largest absolute Gasteiger partial charge is 0.491 e. The van der Waals surface area contributed by atoms with Crippen molar-refractivity contribution in [3.8, 4) is 11.5 Å². The van der Waals surface area contributed by atoms with Crippen LogP contribution in [0, 0.1) is 5.92 Å². The first-order chi connectivity index (χ1) is 9.93. The van der Waals surface area contributed by atoms with E-state index in [-0.39, 0.29) is 31.4 Å². The van der Waals surface area contributed by atoms with E-state index in [1.165, 1.54) is 0 Å². The molecule has 3 rings (SSSR count). The molecule has 0 atom stereocenters. The van der Waals surface area contributed by atoms with E-state index >= 15 is 0 Å². The van der Waals surface area contributed by atoms with Gasteiger partial charge in [0.2, 0.25) is 0 Å². The van der Waals surface area contributed by atoms with Crippen LogP contribution in [0.25, 0.3) is 0 Å². The molecule has 0 amide bonds. The normalized spacial score (nSPS) is 24.1. The van der Waals surface area contributed by atoms with E-state index < -0.39 is 12.1 Å². The number of hydrogen-bond acceptors (Lipinski definition) is 3. The van der Waals surface area contributed by atoms with Crippen LogP contribution in [-0.4, -0.2) is 18.9 Å². The van der Waals surface area contributed by atoms with E-state index in [1.54, 1.807) is 6.07 Å². The number of hydrogen-bond donors (Lipinski definition) is 1. The fraction of sp³-hybridized carbons (Fsp3) is 0.600. The van der Waals surface area contributed by atoms with E-state index in [0.717, 1.165) is 12.0 Å². The van der Waals surface area contributed by atoms with Gasteiger partial charge in [-0.3, -0.25) is 0 Å². The quantitative estimate of drug-likeness (QED) is 0.825. The second kappa shape index (κ2) is 6.44. The van der Waals surface area contributed by atoms with Crippen molar-refractivity contribution < 1.29 is 22.6 Å². The molecule has 0 bridgehead atoms. The van der Waals surface area contributed by atoms with E-state index in [1.807, 2.05) is 6.07 Å². The molecule has 7 heteroatoms. The standard InChI is InChI=1S/C15H18F3NO2.ClH/c16-15(17,18)10-1-3-11(4-2-10)21-12-7-9-5-6-20-14(9)13(19)8-12;/h7-8,10-11H,1-6,19H2;1H. The lowest BCUT2D eigenvalue weighted by Gasteiger charge is -2.30. The van der Waals surface area contributed by atoms with Gasteiger partial charge in [-0.25, -0.2) is 0 Å². The maximum atomic E-state index is 12.6. The summed E-state index contributed by atoms with van der Waals surface area (Å²) in [7, 11) is 0. The number of nitrogens with two attached hydrogens (primary N) is 1. The number of nitrogen functional groups attached to an aromatic ring is 1. The average Bonchev–Trinajstić information content (AvgIpc) is 2.87. The van der Waals surface area contributed by atoms with Crippen molar-refractivity contribution in [3.63, 3.8) is 0 Å². The Labute approximate surface area is 133 Å². The lowest BCUT2D eigenvalue weighted by molar-refractivity contribution is -0.185. The summed E-state index contributed by atoms with van der Waals surface area (Å²) < 4.78 is 49.1. The molecule has 1 aliphatic carbocycles. The SMILES string of the molecule is Cl.Nc1cc(OC2CCC(C(F)(F)F)CC2)cc2c1OCC2. The Morgan fingerprint density at radius 2 is 1.82 bits per heavy atom. The summed E-state index contributed by atoms with van der Waals surface area (Å²) in [5, 5.41) is 0. The lowest BCUT2D eigenvalue weighted by atomic mass is 9.87. The van der Waals surface area contributed by atoms with Gasteiger partial charge in [-0.05, 0) is 31.7 Å². The molecule has 124 valence electrons. The van der Waals surface area contributed by atoms with Crippen molar-refractivity contribution in [1.82, 2.24) is 0 Å². The number of halogens is 4. The summed E-state index contributed by atoms with van der Waals surface area (Å²) in [4.78, 5) is 0. The number of alkyl halides is 3. The van der Waals surface area contributed by atoms with Gasteiger partial charge in [0.15, 0.2) is 0 Å². The van der Waals surface area contributed by atoms with Gasteiger partial charge in [0, 0.05) is 18.1 Å². The van der Waals surface area contributed by atoms with Crippen LogP contribution in [0.15, 0.2) is 12.1 Å². The summed E-state index contributed by atoms with van der Waals surface area (Å²) in [5.41, 5.74) is 7.44. The van der Waals surface area contributed by atoms with Crippen molar-refractivity contribution in [2.24, 2.45) is 5.92 Å². The molecule has 0 saturated heterocycles. The molecule has 0 unspecified atom stereocenters. The molecule has 2 N–H and O–H groups in total. The summed E-state index contributed by atoms with van der Waals surface area (Å²) in [6, 6.07) is 3.58. The maximum Gasteiger partial charge on any atom is 0.391 e. The van der Waals surface area contributed by atoms with Crippen molar-refractivity contribution in [2.45, 2.75) is 44.4 Å². The van der Waals surface area contributed by atoms with Gasteiger partial charge in [0.05, 0.1) is 24.3 Å². The van der Waals surface area contributed by atoms with Crippen LogP contribution in [0.3, 0.4) is 0 Å². The highest BCUT2D eigenvalue weighted by Gasteiger charge is 2.41. The molecule has 2 aliphatic rings. The van der Waals surface area contributed by atoms with Crippen LogP contribution < -0.4 is 15.2 Å². The molecule has 22 heavy (non-hydrogen) atoms. The maximum absolute atomic E-state index is 12.6. The summed E-state index contributed by atoms with van der Waals surface area (Å²) in [6.07, 6.45) is -2.33. The van der Waals surface area contributed by atoms with Crippen LogP contribution in [0.1, 0.15) is 31.2 Å². The Morgan fingerprint density at radius 3 is 2.45 bits per heavy atom. The second-order valence-electron chi connectivity index (χ2n) is 5.73. The summed E-state index contributed by atoms with van der Waals surface area (Å²) >= 11 is 0. The van der Waals surface area contributed by atoms with Crippen molar-refractivity contribution >= 4 is 18.1 Å². The predicted molar refractivity (Wildman–Crippen MR) is 79.7 cm³/mol. The van der Waals surface area contributed by atoms with E-state index in [4.69, 9.17) is 15.2 Å². The highest BCUT2D eigenvalue weighted by molar-refractivity contribution is 5.85. The van der Waals surface area contributed by atoms with E-state index in [2.05, 4.69) is 0 Å². The minimum atomic E-state index is -4.08. The summed E-state index contributed by atoms with van der Waals surface area (Å²) in [6.45, 7) is 0.611. The fourth-order valence-corrected chi connectivity index (χ4v) is 3.08. The third-order valence-electron chi connectivity index (χ3n) is 4.23. The molecule has 0 radical (unpaired) electrons. The topological polar surface area (TPSA) is 44.5 Å². The number of anilines is 1. The highest BCUT2D eigenvalue weighted by atomic mass is 35.5. The summed E-state index contributed by atoms with van der Waals surface area (Å²) in [5.74, 6) is 0.158. The molecule has 1 aromatic carbocycles. The van der Waals surface area contributed by atoms with Crippen LogP contribution >= 0.6 is 12.4 Å². The first-order valence-corrected chi connectivity index (χ1v) is 7.22. The molecule has 1 fully saturated rings. The smallest absolute Gasteiger partial charge is 0.391 e. The van der Waals surface area contributed by atoms with Gasteiger partial charge in [-0.2, -0.15) is 13.2 Å². The van der Waals surface area contributed by atoms with Crippen LogP contribution in [0.5, 0.6) is 11.5 Å². The number of benzene rings is 1. The Balaban J connectivity index is 0.00000176. The zero-order valence-corrected chi connectivity index (χ0v) is 12.8. The molecular weight excluding hydrogens is 319 g/mol. The van der Waals surface area contributed by atoms with Crippen molar-refractivity contribution in [2.75, 3.05) is 12.3 Å². The number of fused-ring (bicyclic) bond motifs is 1. The predicted octanol–water partition coefficient (Wildman–Crippen LogP) is 4.13. The minimum absolute atomic E-state index is 0. The van der Waals surface area contributed by atoms with Crippen LogP contribution in [-0.2, 0) is 6.42 Å². The van der Waals surface area contributed by atoms with Gasteiger partial charge in [-0.15, -0.1) is 12.4 Å². The highest BCUT2D eigenvalue weighted by Crippen LogP contribution is 2.40. The fourth-order valence-electron chi connectivity index (χ4n) is 3.08. The molecule has 1 heterocycles. The van der Waals surface area contributed by atoms with Gasteiger partial charge >= 0.3 is 6.18 Å². The van der Waals surface area contributed by atoms with E-state index in [0.29, 0.717) is 36.6 Å². The third-order valence-corrected chi connectivity index (χ3v) is 4.23. The monoisotopic (exact) mass is 337 g/mol. The molecular formula is C15H19ClF3NO2. The number of rotatable bonds is 2. The third kappa shape index (κ3) is 3.54. The molecule has 1 saturated carbocycles. The van der Waals surface area contributed by atoms with Crippen molar-refractivity contribution in [1.29, 1.82) is 0 Å². The Bertz CT molecular complexity index is 528. The zero-order valence-electron chi connectivity index (χ0n) is 12.0. The van der Waals surface area contributed by atoms with Crippen LogP contribution in [0.2, 0.25) is 0 Å². The molecule has 0 aromatic heterocycles. The molecule has 1 aromatic rings. The van der Waals surface area contributed by atoms with E-state index in [9.17, 15) is 13.2 Å². The number of ether oxygens (including phenoxy) is 2. The van der Waals surface area contributed by atoms with Crippen LogP contribution in [0.4, 0.5) is 18.9 Å². The zero-order chi connectivity index (χ0) is 15.0. The first kappa shape index (κ1) is 17.1. The Morgan fingerprint density at radius 1 is 1.14 bits per heavy atom. The first-order valence-electron chi connectivity index (χ1n) is 7.22. The van der Waals surface area contributed by atoms with Gasteiger partial charge in [0.1, 0.15) is 11.5 Å². The Hall–Kier alpha value is -1.30. The van der Waals surface area contributed by atoms with Gasteiger partial charge < -0.3 is 15.2 Å². The molecule has 1 aliphatic heterocycles. The minimum Gasteiger partial charge on any atom is -0.491 e. The molecule has 0 spiro atoms. The molecule has 3 nitrogen and oxygen atoms in total. The second-order valence-corrected chi connectivity index (χ2v) is 5.73. The van der Waals surface area contributed by atoms with Gasteiger partial charge in [-0.1, -0.05) is 0 Å². The lowest BCUT2D eigenvalue weighted by Crippen LogP contribution is -2.31. The average molecular weight is 338 g/mol. The van der Waals surface area contributed by atoms with Gasteiger partial charge in [0.25, 0.3) is 0 Å².